The number of hydrogen-bond donors (Lipinski definition) is 2. The van der Waals surface area contributed by atoms with Gasteiger partial charge in [-0.15, -0.1) is 0 Å². The molecule has 0 radical (unpaired) electrons. The van der Waals surface area contributed by atoms with E-state index in [1.807, 2.05) is 24.3 Å². The van der Waals surface area contributed by atoms with Crippen molar-refractivity contribution in [2.24, 2.45) is 0 Å². The molecule has 0 amide bonds. The number of fused-ring (bicyclic) bond motifs is 1. The summed E-state index contributed by atoms with van der Waals surface area (Å²) < 4.78 is 19.9. The molecule has 4 aromatic rings. The van der Waals surface area contributed by atoms with Gasteiger partial charge in [-0.3, -0.25) is 5.32 Å². The van der Waals surface area contributed by atoms with Gasteiger partial charge >= 0.3 is 6.16 Å². The molecule has 8 heteroatoms. The minimum atomic E-state index is -1.32. The average molecular weight is 476 g/mol. The van der Waals surface area contributed by atoms with Crippen LogP contribution in [-0.2, 0) is 10.2 Å². The van der Waals surface area contributed by atoms with Gasteiger partial charge in [0, 0.05) is 29.9 Å². The molecular formula is C26H22FN3O3S. The first-order valence-corrected chi connectivity index (χ1v) is 12.1. The number of hydrogen-bond acceptors (Lipinski definition) is 6. The molecule has 1 aliphatic heterocycles. The van der Waals surface area contributed by atoms with E-state index >= 15 is 4.39 Å². The van der Waals surface area contributed by atoms with Crippen LogP contribution in [0.3, 0.4) is 0 Å². The number of halogens is 1. The number of rotatable bonds is 5. The molecule has 2 aromatic carbocycles. The summed E-state index contributed by atoms with van der Waals surface area (Å²) in [7, 11) is 0. The van der Waals surface area contributed by atoms with Crippen LogP contribution in [0.1, 0.15) is 42.0 Å². The van der Waals surface area contributed by atoms with Gasteiger partial charge in [0.25, 0.3) is 0 Å². The maximum Gasteiger partial charge on any atom is 0.507 e. The number of benzene rings is 2. The minimum Gasteiger partial charge on any atom is -0.450 e. The monoisotopic (exact) mass is 475 g/mol. The Kier molecular flexibility index (Phi) is 5.08. The highest BCUT2D eigenvalue weighted by atomic mass is 32.1. The molecule has 0 bridgehead atoms. The molecule has 2 aromatic heterocycles. The summed E-state index contributed by atoms with van der Waals surface area (Å²) in [5.74, 6) is -0.359. The van der Waals surface area contributed by atoms with Crippen LogP contribution in [0.25, 0.3) is 20.9 Å². The van der Waals surface area contributed by atoms with E-state index in [1.165, 1.54) is 23.0 Å². The Hall–Kier alpha value is -3.36. The topological polar surface area (TPSA) is 84.3 Å². The zero-order valence-electron chi connectivity index (χ0n) is 18.2. The lowest BCUT2D eigenvalue weighted by molar-refractivity contribution is 0.0453. The summed E-state index contributed by atoms with van der Waals surface area (Å²) in [5.41, 5.74) is 4.33. The summed E-state index contributed by atoms with van der Waals surface area (Å²) in [4.78, 5) is 21.1. The molecule has 6 nitrogen and oxygen atoms in total. The lowest BCUT2D eigenvalue weighted by Crippen LogP contribution is -2.26. The first-order valence-electron chi connectivity index (χ1n) is 11.3. The highest BCUT2D eigenvalue weighted by Crippen LogP contribution is 2.53. The fraction of sp³-hybridized carbons (Fsp3) is 0.269. The van der Waals surface area contributed by atoms with E-state index < -0.39 is 12.4 Å². The Morgan fingerprint density at radius 1 is 1.12 bits per heavy atom. The molecule has 172 valence electrons. The quantitative estimate of drug-likeness (QED) is 0.362. The fourth-order valence-electron chi connectivity index (χ4n) is 4.90. The van der Waals surface area contributed by atoms with E-state index in [1.54, 1.807) is 6.07 Å². The first kappa shape index (κ1) is 21.2. The molecule has 1 aliphatic carbocycles. The Bertz CT molecular complexity index is 1390. The third kappa shape index (κ3) is 3.73. The molecule has 2 N–H and O–H groups in total. The Labute approximate surface area is 199 Å². The standard InChI is InChI=1S/C26H22FN3O3S/c27-19-12-15(16-13-22(28-14-16)33-25(31)32)6-7-18(19)23-29-20-8-9-21(30-24(20)34-23)26(10-11-26)17-4-2-1-3-5-17/h1-9,12,16,22,28H,10-11,13-14H2,(H,31,32)/t16-,22-/m0/s1. The zero-order chi connectivity index (χ0) is 23.3. The molecule has 34 heavy (non-hydrogen) atoms. The third-order valence-electron chi connectivity index (χ3n) is 6.85. The van der Waals surface area contributed by atoms with E-state index in [-0.39, 0.29) is 17.2 Å². The second kappa shape index (κ2) is 8.14. The Morgan fingerprint density at radius 2 is 1.94 bits per heavy atom. The molecule has 1 saturated heterocycles. The summed E-state index contributed by atoms with van der Waals surface area (Å²) >= 11 is 1.40. The molecule has 2 atom stereocenters. The molecule has 1 saturated carbocycles. The maximum absolute atomic E-state index is 15.1. The molecule has 0 spiro atoms. The largest absolute Gasteiger partial charge is 0.507 e. The number of carboxylic acid groups (broad SMARTS) is 1. The van der Waals surface area contributed by atoms with Gasteiger partial charge < -0.3 is 9.84 Å². The van der Waals surface area contributed by atoms with Crippen LogP contribution in [0.4, 0.5) is 9.18 Å². The number of ether oxygens (including phenoxy) is 1. The van der Waals surface area contributed by atoms with E-state index in [4.69, 9.17) is 14.8 Å². The van der Waals surface area contributed by atoms with Crippen molar-refractivity contribution in [2.75, 3.05) is 6.54 Å². The third-order valence-corrected chi connectivity index (χ3v) is 7.85. The highest BCUT2D eigenvalue weighted by molar-refractivity contribution is 7.21. The predicted octanol–water partition coefficient (Wildman–Crippen LogP) is 5.67. The molecule has 2 aliphatic rings. The lowest BCUT2D eigenvalue weighted by Gasteiger charge is -2.14. The van der Waals surface area contributed by atoms with Crippen molar-refractivity contribution in [1.82, 2.24) is 15.3 Å². The van der Waals surface area contributed by atoms with Crippen LogP contribution < -0.4 is 5.32 Å². The maximum atomic E-state index is 15.1. The number of thiazole rings is 1. The summed E-state index contributed by atoms with van der Waals surface area (Å²) in [6.07, 6.45) is 0.739. The van der Waals surface area contributed by atoms with Crippen LogP contribution in [0.15, 0.2) is 60.7 Å². The second-order valence-electron chi connectivity index (χ2n) is 8.94. The van der Waals surface area contributed by atoms with Crippen molar-refractivity contribution in [2.45, 2.75) is 36.8 Å². The lowest BCUT2D eigenvalue weighted by atomic mass is 9.92. The Balaban J connectivity index is 1.27. The minimum absolute atomic E-state index is 0.0137. The van der Waals surface area contributed by atoms with Crippen molar-refractivity contribution >= 4 is 27.8 Å². The van der Waals surface area contributed by atoms with Crippen LogP contribution in [0.5, 0.6) is 0 Å². The van der Waals surface area contributed by atoms with Gasteiger partial charge in [0.05, 0.1) is 5.69 Å². The number of aromatic nitrogens is 2. The van der Waals surface area contributed by atoms with Crippen molar-refractivity contribution in [3.05, 3.63) is 83.3 Å². The Morgan fingerprint density at radius 3 is 2.68 bits per heavy atom. The van der Waals surface area contributed by atoms with E-state index in [0.29, 0.717) is 23.5 Å². The molecular weight excluding hydrogens is 453 g/mol. The van der Waals surface area contributed by atoms with Crippen molar-refractivity contribution in [3.63, 3.8) is 0 Å². The van der Waals surface area contributed by atoms with Gasteiger partial charge in [-0.1, -0.05) is 47.7 Å². The summed E-state index contributed by atoms with van der Waals surface area (Å²) in [5, 5.41) is 12.4. The van der Waals surface area contributed by atoms with Gasteiger partial charge in [0.15, 0.2) is 6.23 Å². The molecule has 3 heterocycles. The number of nitrogens with one attached hydrogen (secondary N) is 1. The van der Waals surface area contributed by atoms with Gasteiger partial charge in [-0.2, -0.15) is 0 Å². The van der Waals surface area contributed by atoms with Crippen LogP contribution in [-0.4, -0.2) is 34.0 Å². The van der Waals surface area contributed by atoms with E-state index in [9.17, 15) is 4.79 Å². The van der Waals surface area contributed by atoms with Gasteiger partial charge in [0.2, 0.25) is 0 Å². The van der Waals surface area contributed by atoms with Crippen molar-refractivity contribution in [3.8, 4) is 10.6 Å². The number of nitrogens with zero attached hydrogens (tertiary/aromatic N) is 2. The van der Waals surface area contributed by atoms with Crippen LogP contribution in [0.2, 0.25) is 0 Å². The highest BCUT2D eigenvalue weighted by Gasteiger charge is 2.47. The SMILES string of the molecule is O=C(O)O[C@H]1C[C@H](c2ccc(-c3nc4ccc(C5(c6ccccc6)CC5)nc4s3)c(F)c2)CN1. The van der Waals surface area contributed by atoms with Crippen molar-refractivity contribution in [1.29, 1.82) is 0 Å². The average Bonchev–Trinajstić information content (AvgIpc) is 3.33. The summed E-state index contributed by atoms with van der Waals surface area (Å²) in [6.45, 7) is 0.535. The molecule has 0 unspecified atom stereocenters. The van der Waals surface area contributed by atoms with Gasteiger partial charge in [0.1, 0.15) is 21.2 Å². The first-order chi connectivity index (χ1) is 16.5. The van der Waals surface area contributed by atoms with Gasteiger partial charge in [-0.25, -0.2) is 19.2 Å². The normalized spacial score (nSPS) is 21.0. The molecule has 2 fully saturated rings. The van der Waals surface area contributed by atoms with Gasteiger partial charge in [-0.05, 0) is 48.2 Å². The summed E-state index contributed by atoms with van der Waals surface area (Å²) in [6, 6.07) is 19.6. The van der Waals surface area contributed by atoms with E-state index in [2.05, 4.69) is 34.6 Å². The van der Waals surface area contributed by atoms with Crippen LogP contribution in [0, 0.1) is 5.82 Å². The zero-order valence-corrected chi connectivity index (χ0v) is 19.0. The fourth-order valence-corrected chi connectivity index (χ4v) is 5.86. The van der Waals surface area contributed by atoms with E-state index in [0.717, 1.165) is 34.4 Å². The smallest absolute Gasteiger partial charge is 0.450 e. The number of pyridine rings is 1. The number of carbonyl (C=O) groups is 1. The molecule has 6 rings (SSSR count). The second-order valence-corrected chi connectivity index (χ2v) is 9.92. The van der Waals surface area contributed by atoms with Crippen LogP contribution >= 0.6 is 11.3 Å². The predicted molar refractivity (Wildman–Crippen MR) is 128 cm³/mol. The van der Waals surface area contributed by atoms with Crippen molar-refractivity contribution < 1.29 is 19.0 Å².